The smallest absolute Gasteiger partial charge is 0.248 e. The van der Waals surface area contributed by atoms with Crippen molar-refractivity contribution in [2.75, 3.05) is 0 Å². The molecule has 100 valence electrons. The second-order valence-electron chi connectivity index (χ2n) is 3.50. The first-order valence-corrected chi connectivity index (χ1v) is 7.67. The Morgan fingerprint density at radius 3 is 2.67 bits per heavy atom. The Morgan fingerprint density at radius 1 is 1.61 bits per heavy atom. The number of rotatable bonds is 5. The third-order valence-corrected chi connectivity index (χ3v) is 5.36. The number of carbonyl (C=O) groups excluding carboxylic acids is 2. The van der Waals surface area contributed by atoms with Crippen LogP contribution in [0.2, 0.25) is 5.02 Å². The maximum absolute atomic E-state index is 12.1. The van der Waals surface area contributed by atoms with Crippen LogP contribution in [0.1, 0.15) is 6.42 Å². The summed E-state index contributed by atoms with van der Waals surface area (Å²) in [5, 5.41) is 1.97. The summed E-state index contributed by atoms with van der Waals surface area (Å²) in [6.45, 7) is 0. The highest BCUT2D eigenvalue weighted by atomic mass is 35.5. The molecule has 1 aromatic heterocycles. The predicted molar refractivity (Wildman–Crippen MR) is 72.8 cm³/mol. The Hall–Kier alpha value is -1.09. The number of thiophene rings is 1. The fourth-order valence-electron chi connectivity index (χ4n) is 1.07. The number of nitrogens with two attached hydrogens (primary N) is 2. The maximum atomic E-state index is 12.1. The second-order valence-corrected chi connectivity index (χ2v) is 7.10. The molecule has 0 aromatic carbocycles. The van der Waals surface area contributed by atoms with Crippen LogP contribution in [0.25, 0.3) is 0 Å². The van der Waals surface area contributed by atoms with Crippen LogP contribution in [0.3, 0.4) is 0 Å². The normalized spacial score (nSPS) is 15.7. The summed E-state index contributed by atoms with van der Waals surface area (Å²) in [5.74, 6) is 1.96. The summed E-state index contributed by atoms with van der Waals surface area (Å²) in [7, 11) is -3.02. The van der Waals surface area contributed by atoms with Gasteiger partial charge in [0.1, 0.15) is 4.21 Å². The largest absolute Gasteiger partial charge is 0.370 e. The minimum absolute atomic E-state index is 0.326. The van der Waals surface area contributed by atoms with E-state index in [1.54, 1.807) is 5.38 Å². The van der Waals surface area contributed by atoms with Gasteiger partial charge in [0, 0.05) is 5.38 Å². The van der Waals surface area contributed by atoms with E-state index < -0.39 is 27.6 Å². The zero-order chi connectivity index (χ0) is 13.9. The Balaban J connectivity index is 2.78. The summed E-state index contributed by atoms with van der Waals surface area (Å²) in [6.07, 6.45) is -0.327. The summed E-state index contributed by atoms with van der Waals surface area (Å²) in [5.41, 5.74) is 10.3. The minimum atomic E-state index is -3.02. The summed E-state index contributed by atoms with van der Waals surface area (Å²) >= 11 is 6.80. The SMILES string of the molecule is C=S(=O)(NC(=O)[C@@H](N)CC(N)=O)c1cc(Cl)cs1. The third kappa shape index (κ3) is 3.98. The molecule has 5 N–H and O–H groups in total. The molecular formula is C9H12ClN3O3S2. The summed E-state index contributed by atoms with van der Waals surface area (Å²) in [6, 6.07) is 0.294. The lowest BCUT2D eigenvalue weighted by Crippen LogP contribution is -2.45. The van der Waals surface area contributed by atoms with E-state index in [-0.39, 0.29) is 6.42 Å². The lowest BCUT2D eigenvalue weighted by Gasteiger charge is -2.13. The molecule has 0 aliphatic heterocycles. The fourth-order valence-corrected chi connectivity index (χ4v) is 3.72. The van der Waals surface area contributed by atoms with E-state index >= 15 is 0 Å². The van der Waals surface area contributed by atoms with Crippen LogP contribution < -0.4 is 16.2 Å². The molecule has 0 bridgehead atoms. The van der Waals surface area contributed by atoms with Crippen molar-refractivity contribution in [3.05, 3.63) is 16.5 Å². The molecule has 0 spiro atoms. The van der Waals surface area contributed by atoms with Crippen LogP contribution >= 0.6 is 22.9 Å². The minimum Gasteiger partial charge on any atom is -0.370 e. The average molecular weight is 310 g/mol. The van der Waals surface area contributed by atoms with E-state index in [0.29, 0.717) is 9.23 Å². The molecule has 0 saturated carbocycles. The monoisotopic (exact) mass is 309 g/mol. The molecule has 2 amide bonds. The van der Waals surface area contributed by atoms with Gasteiger partial charge in [-0.15, -0.1) is 11.3 Å². The van der Waals surface area contributed by atoms with Gasteiger partial charge in [-0.1, -0.05) is 11.6 Å². The molecule has 0 fully saturated rings. The Morgan fingerprint density at radius 2 is 2.22 bits per heavy atom. The molecule has 9 heteroatoms. The van der Waals surface area contributed by atoms with Gasteiger partial charge >= 0.3 is 0 Å². The number of hydrogen-bond acceptors (Lipinski definition) is 5. The Kier molecular flexibility index (Phi) is 4.74. The van der Waals surface area contributed by atoms with Crippen LogP contribution in [-0.2, 0) is 19.3 Å². The maximum Gasteiger partial charge on any atom is 0.248 e. The van der Waals surface area contributed by atoms with Crippen molar-refractivity contribution >= 4 is 50.3 Å². The van der Waals surface area contributed by atoms with Crippen molar-refractivity contribution in [3.63, 3.8) is 0 Å². The van der Waals surface area contributed by atoms with E-state index in [9.17, 15) is 13.8 Å². The highest BCUT2D eigenvalue weighted by Crippen LogP contribution is 2.23. The van der Waals surface area contributed by atoms with Gasteiger partial charge in [-0.2, -0.15) is 0 Å². The van der Waals surface area contributed by atoms with Gasteiger partial charge in [-0.05, 0) is 11.9 Å². The average Bonchev–Trinajstić information content (AvgIpc) is 2.63. The molecule has 0 radical (unpaired) electrons. The van der Waals surface area contributed by atoms with Gasteiger partial charge in [0.2, 0.25) is 11.8 Å². The number of hydrogen-bond donors (Lipinski definition) is 3. The van der Waals surface area contributed by atoms with Gasteiger partial charge in [-0.25, -0.2) is 4.21 Å². The van der Waals surface area contributed by atoms with Crippen molar-refractivity contribution < 1.29 is 13.8 Å². The zero-order valence-electron chi connectivity index (χ0n) is 9.22. The number of amides is 2. The van der Waals surface area contributed by atoms with Gasteiger partial charge in [0.15, 0.2) is 0 Å². The van der Waals surface area contributed by atoms with Crippen LogP contribution in [-0.4, -0.2) is 27.9 Å². The first kappa shape index (κ1) is 15.0. The molecule has 18 heavy (non-hydrogen) atoms. The van der Waals surface area contributed by atoms with E-state index in [1.807, 2.05) is 0 Å². The van der Waals surface area contributed by atoms with E-state index in [0.717, 1.165) is 11.3 Å². The quantitative estimate of drug-likeness (QED) is 0.648. The van der Waals surface area contributed by atoms with E-state index in [1.165, 1.54) is 6.07 Å². The Bertz CT molecular complexity index is 567. The van der Waals surface area contributed by atoms with Gasteiger partial charge in [-0.3, -0.25) is 14.3 Å². The predicted octanol–water partition coefficient (Wildman–Crippen LogP) is -0.289. The van der Waals surface area contributed by atoms with Crippen LogP contribution in [0.4, 0.5) is 0 Å². The zero-order valence-corrected chi connectivity index (χ0v) is 11.6. The lowest BCUT2D eigenvalue weighted by molar-refractivity contribution is -0.125. The van der Waals surface area contributed by atoms with Gasteiger partial charge in [0.05, 0.1) is 27.2 Å². The van der Waals surface area contributed by atoms with Crippen LogP contribution in [0.5, 0.6) is 0 Å². The van der Waals surface area contributed by atoms with E-state index in [4.69, 9.17) is 23.1 Å². The summed E-state index contributed by atoms with van der Waals surface area (Å²) in [4.78, 5) is 22.2. The van der Waals surface area contributed by atoms with Crippen LogP contribution in [0.15, 0.2) is 15.7 Å². The first-order valence-electron chi connectivity index (χ1n) is 4.69. The van der Waals surface area contributed by atoms with Gasteiger partial charge < -0.3 is 11.5 Å². The van der Waals surface area contributed by atoms with E-state index in [2.05, 4.69) is 10.6 Å². The molecule has 2 atom stereocenters. The van der Waals surface area contributed by atoms with Crippen molar-refractivity contribution in [1.82, 2.24) is 4.72 Å². The first-order chi connectivity index (χ1) is 8.22. The number of carbonyl (C=O) groups is 2. The molecule has 0 aliphatic rings. The molecule has 0 aliphatic carbocycles. The fraction of sp³-hybridized carbons (Fsp3) is 0.222. The van der Waals surface area contributed by atoms with Crippen LogP contribution in [0, 0.1) is 0 Å². The molecule has 6 nitrogen and oxygen atoms in total. The van der Waals surface area contributed by atoms with Crippen molar-refractivity contribution in [2.24, 2.45) is 11.5 Å². The molecular weight excluding hydrogens is 298 g/mol. The topological polar surface area (TPSA) is 115 Å². The second kappa shape index (κ2) is 5.70. The highest BCUT2D eigenvalue weighted by Gasteiger charge is 2.20. The third-order valence-electron chi connectivity index (χ3n) is 1.89. The molecule has 1 rings (SSSR count). The molecule has 1 unspecified atom stereocenters. The van der Waals surface area contributed by atoms with Crippen molar-refractivity contribution in [2.45, 2.75) is 16.7 Å². The van der Waals surface area contributed by atoms with Crippen molar-refractivity contribution in [1.29, 1.82) is 0 Å². The summed E-state index contributed by atoms with van der Waals surface area (Å²) < 4.78 is 14.7. The number of halogens is 1. The standard InChI is InChI=1S/C9H12ClN3O3S2/c1-18(16,8-2-5(10)4-17-8)13-9(15)6(11)3-7(12)14/h2,4,6H,1,3,11H2,(H2,12,14)(H,13,15,16)/t6-,18?/m0/s1. The van der Waals surface area contributed by atoms with Crippen molar-refractivity contribution in [3.8, 4) is 0 Å². The number of primary amides is 1. The molecule has 0 saturated heterocycles. The van der Waals surface area contributed by atoms with Gasteiger partial charge in [0.25, 0.3) is 0 Å². The lowest BCUT2D eigenvalue weighted by atomic mass is 10.2. The highest BCUT2D eigenvalue weighted by molar-refractivity contribution is 8.00. The number of nitrogens with one attached hydrogen (secondary N) is 1. The Labute approximate surface area is 113 Å². The molecule has 1 heterocycles. The molecule has 1 aromatic rings.